The van der Waals surface area contributed by atoms with E-state index in [0.29, 0.717) is 30.4 Å². The first-order valence-corrected chi connectivity index (χ1v) is 8.52. The van der Waals surface area contributed by atoms with Gasteiger partial charge in [0.2, 0.25) is 0 Å². The van der Waals surface area contributed by atoms with Crippen molar-refractivity contribution in [2.75, 3.05) is 13.2 Å². The lowest BCUT2D eigenvalue weighted by Gasteiger charge is -2.14. The van der Waals surface area contributed by atoms with Crippen LogP contribution in [0.5, 0.6) is 11.5 Å². The fourth-order valence-electron chi connectivity index (χ4n) is 2.73. The van der Waals surface area contributed by atoms with Crippen LogP contribution in [0.2, 0.25) is 0 Å². The number of hydrogen-bond donors (Lipinski definition) is 2. The van der Waals surface area contributed by atoms with Gasteiger partial charge in [0, 0.05) is 16.5 Å². The highest BCUT2D eigenvalue weighted by Crippen LogP contribution is 2.26. The molecule has 2 N–H and O–H groups in total. The van der Waals surface area contributed by atoms with Crippen LogP contribution in [0.1, 0.15) is 29.8 Å². The standard InChI is InChI=1S/C20H22N2O4/c1-13(2)12-26-20-6-4-17(24)8-16(20)10-22-18-5-3-14(19(25)11-23)7-15(18)9-21-22/h3-9,13,23-24H,10-12H2,1-2H3. The number of Topliss-reactive ketones (excluding diaryl/α,β-unsaturated/α-hetero) is 1. The number of carbonyl (C=O) groups excluding carboxylic acids is 1. The van der Waals surface area contributed by atoms with E-state index in [9.17, 15) is 9.90 Å². The second kappa shape index (κ2) is 7.58. The molecule has 1 heterocycles. The Kier molecular flexibility index (Phi) is 5.23. The predicted molar refractivity (Wildman–Crippen MR) is 98.7 cm³/mol. The highest BCUT2D eigenvalue weighted by molar-refractivity contribution is 6.00. The quantitative estimate of drug-likeness (QED) is 0.637. The molecular formula is C20H22N2O4. The molecule has 0 aliphatic rings. The van der Waals surface area contributed by atoms with E-state index in [4.69, 9.17) is 9.84 Å². The van der Waals surface area contributed by atoms with E-state index in [1.54, 1.807) is 41.2 Å². The summed E-state index contributed by atoms with van der Waals surface area (Å²) in [4.78, 5) is 11.6. The molecule has 0 fully saturated rings. The summed E-state index contributed by atoms with van der Waals surface area (Å²) in [5, 5.41) is 24.0. The van der Waals surface area contributed by atoms with Crippen LogP contribution in [0.15, 0.2) is 42.6 Å². The minimum atomic E-state index is -0.514. The molecule has 26 heavy (non-hydrogen) atoms. The molecule has 6 heteroatoms. The maximum Gasteiger partial charge on any atom is 0.188 e. The molecule has 0 bridgehead atoms. The topological polar surface area (TPSA) is 84.6 Å². The summed E-state index contributed by atoms with van der Waals surface area (Å²) in [5.41, 5.74) is 2.14. The lowest BCUT2D eigenvalue weighted by Crippen LogP contribution is -2.08. The first-order chi connectivity index (χ1) is 12.5. The molecule has 0 atom stereocenters. The fraction of sp³-hybridized carbons (Fsp3) is 0.300. The Balaban J connectivity index is 1.91. The summed E-state index contributed by atoms with van der Waals surface area (Å²) in [6.07, 6.45) is 1.68. The minimum Gasteiger partial charge on any atom is -0.508 e. The summed E-state index contributed by atoms with van der Waals surface area (Å²) < 4.78 is 7.65. The SMILES string of the molecule is CC(C)COc1ccc(O)cc1Cn1ncc2cc(C(=O)CO)ccc21. The number of aliphatic hydroxyl groups excluding tert-OH is 1. The van der Waals surface area contributed by atoms with Crippen LogP contribution in [-0.2, 0) is 6.54 Å². The zero-order chi connectivity index (χ0) is 18.7. The molecule has 3 rings (SSSR count). The number of ketones is 1. The lowest BCUT2D eigenvalue weighted by atomic mass is 10.1. The van der Waals surface area contributed by atoms with E-state index in [0.717, 1.165) is 16.5 Å². The van der Waals surface area contributed by atoms with Crippen LogP contribution in [-0.4, -0.2) is 39.0 Å². The molecule has 0 saturated heterocycles. The number of benzene rings is 2. The van der Waals surface area contributed by atoms with Crippen molar-refractivity contribution in [2.24, 2.45) is 5.92 Å². The molecule has 0 radical (unpaired) electrons. The molecule has 0 saturated carbocycles. The van der Waals surface area contributed by atoms with Gasteiger partial charge in [-0.15, -0.1) is 0 Å². The number of nitrogens with zero attached hydrogens (tertiary/aromatic N) is 2. The van der Waals surface area contributed by atoms with E-state index < -0.39 is 6.61 Å². The predicted octanol–water partition coefficient (Wildman–Crippen LogP) is 3.00. The summed E-state index contributed by atoms with van der Waals surface area (Å²) in [7, 11) is 0. The van der Waals surface area contributed by atoms with Gasteiger partial charge >= 0.3 is 0 Å². The average Bonchev–Trinajstić information content (AvgIpc) is 3.02. The van der Waals surface area contributed by atoms with Crippen molar-refractivity contribution in [3.63, 3.8) is 0 Å². The summed E-state index contributed by atoms with van der Waals surface area (Å²) in [6.45, 7) is 4.65. The number of rotatable bonds is 7. The second-order valence-electron chi connectivity index (χ2n) is 6.65. The highest BCUT2D eigenvalue weighted by Gasteiger charge is 2.12. The van der Waals surface area contributed by atoms with Gasteiger partial charge in [-0.2, -0.15) is 5.10 Å². The monoisotopic (exact) mass is 354 g/mol. The van der Waals surface area contributed by atoms with Gasteiger partial charge < -0.3 is 14.9 Å². The number of hydrogen-bond acceptors (Lipinski definition) is 5. The second-order valence-corrected chi connectivity index (χ2v) is 6.65. The molecule has 0 unspecified atom stereocenters. The van der Waals surface area contributed by atoms with Crippen LogP contribution in [0.4, 0.5) is 0 Å². The van der Waals surface area contributed by atoms with Crippen molar-refractivity contribution in [3.8, 4) is 11.5 Å². The van der Waals surface area contributed by atoms with Gasteiger partial charge in [-0.25, -0.2) is 0 Å². The Hall–Kier alpha value is -2.86. The average molecular weight is 354 g/mol. The van der Waals surface area contributed by atoms with Gasteiger partial charge in [-0.05, 0) is 42.3 Å². The van der Waals surface area contributed by atoms with Gasteiger partial charge in [-0.3, -0.25) is 9.48 Å². The van der Waals surface area contributed by atoms with Crippen LogP contribution in [0.3, 0.4) is 0 Å². The molecule has 6 nitrogen and oxygen atoms in total. The van der Waals surface area contributed by atoms with Crippen LogP contribution < -0.4 is 4.74 Å². The van der Waals surface area contributed by atoms with Gasteiger partial charge in [0.25, 0.3) is 0 Å². The molecule has 2 aromatic carbocycles. The third-order valence-corrected chi connectivity index (χ3v) is 4.04. The maximum absolute atomic E-state index is 11.6. The van der Waals surface area contributed by atoms with Crippen molar-refractivity contribution < 1.29 is 19.7 Å². The molecule has 3 aromatic rings. The van der Waals surface area contributed by atoms with Crippen molar-refractivity contribution in [3.05, 3.63) is 53.7 Å². The number of aromatic nitrogens is 2. The summed E-state index contributed by atoms with van der Waals surface area (Å²) in [5.74, 6) is 0.957. The van der Waals surface area contributed by atoms with E-state index in [-0.39, 0.29) is 11.5 Å². The zero-order valence-corrected chi connectivity index (χ0v) is 14.8. The van der Waals surface area contributed by atoms with Gasteiger partial charge in [0.05, 0.1) is 24.9 Å². The van der Waals surface area contributed by atoms with E-state index >= 15 is 0 Å². The molecule has 0 spiro atoms. The number of ether oxygens (including phenoxy) is 1. The molecular weight excluding hydrogens is 332 g/mol. The first-order valence-electron chi connectivity index (χ1n) is 8.52. The summed E-state index contributed by atoms with van der Waals surface area (Å²) >= 11 is 0. The number of phenolic OH excluding ortho intramolecular Hbond substituents is 1. The lowest BCUT2D eigenvalue weighted by molar-refractivity contribution is 0.0904. The van der Waals surface area contributed by atoms with Crippen LogP contribution in [0.25, 0.3) is 10.9 Å². The van der Waals surface area contributed by atoms with E-state index in [1.807, 2.05) is 6.07 Å². The molecule has 0 aliphatic heterocycles. The molecule has 0 aliphatic carbocycles. The number of phenols is 1. The third kappa shape index (κ3) is 3.86. The Labute approximate surface area is 151 Å². The number of carbonyl (C=O) groups is 1. The molecule has 1 aromatic heterocycles. The molecule has 136 valence electrons. The van der Waals surface area contributed by atoms with Gasteiger partial charge in [0.1, 0.15) is 18.1 Å². The number of fused-ring (bicyclic) bond motifs is 1. The van der Waals surface area contributed by atoms with Gasteiger partial charge in [0.15, 0.2) is 5.78 Å². The van der Waals surface area contributed by atoms with Gasteiger partial charge in [-0.1, -0.05) is 13.8 Å². The van der Waals surface area contributed by atoms with Crippen molar-refractivity contribution in [1.29, 1.82) is 0 Å². The third-order valence-electron chi connectivity index (χ3n) is 4.04. The minimum absolute atomic E-state index is 0.171. The van der Waals surface area contributed by atoms with Crippen molar-refractivity contribution >= 4 is 16.7 Å². The normalized spacial score (nSPS) is 11.2. The Bertz CT molecular complexity index is 931. The van der Waals surface area contributed by atoms with Crippen LogP contribution in [0, 0.1) is 5.92 Å². The number of aromatic hydroxyl groups is 1. The zero-order valence-electron chi connectivity index (χ0n) is 14.8. The Morgan fingerprint density at radius 3 is 2.77 bits per heavy atom. The van der Waals surface area contributed by atoms with Crippen LogP contribution >= 0.6 is 0 Å². The van der Waals surface area contributed by atoms with Crippen molar-refractivity contribution in [1.82, 2.24) is 9.78 Å². The largest absolute Gasteiger partial charge is 0.508 e. The Morgan fingerprint density at radius 1 is 1.23 bits per heavy atom. The smallest absolute Gasteiger partial charge is 0.188 e. The highest BCUT2D eigenvalue weighted by atomic mass is 16.5. The fourth-order valence-corrected chi connectivity index (χ4v) is 2.73. The maximum atomic E-state index is 11.6. The Morgan fingerprint density at radius 2 is 2.04 bits per heavy atom. The number of aliphatic hydroxyl groups is 1. The molecule has 0 amide bonds. The summed E-state index contributed by atoms with van der Waals surface area (Å²) in [6, 6.07) is 10.2. The first kappa shape index (κ1) is 17.9. The van der Waals surface area contributed by atoms with E-state index in [1.165, 1.54) is 0 Å². The van der Waals surface area contributed by atoms with E-state index in [2.05, 4.69) is 18.9 Å². The van der Waals surface area contributed by atoms with Crippen molar-refractivity contribution in [2.45, 2.75) is 20.4 Å².